The molecule has 0 aliphatic carbocycles. The Hall–Kier alpha value is 1.97. The Labute approximate surface area is 182 Å². The van der Waals surface area contributed by atoms with Gasteiger partial charge in [0.1, 0.15) is 0 Å². The van der Waals surface area contributed by atoms with Gasteiger partial charge in [0.2, 0.25) is 0 Å². The Morgan fingerprint density at radius 1 is 0.273 bits per heavy atom. The molecule has 0 fully saturated rings. The van der Waals surface area contributed by atoms with Crippen molar-refractivity contribution in [1.29, 1.82) is 0 Å². The SMILES string of the molecule is F[B-](F)(F)F.F[B-](F)(F)F.F[B-](F)(F)F.F[B-](F)(F)F.[Ba+2].[Ca+2]. The third-order valence-corrected chi connectivity index (χ3v) is 0. The largest absolute Gasteiger partial charge is 2.00 e. The van der Waals surface area contributed by atoms with Crippen molar-refractivity contribution in [2.45, 2.75) is 0 Å². The van der Waals surface area contributed by atoms with Gasteiger partial charge in [-0.1, -0.05) is 0 Å². The van der Waals surface area contributed by atoms with E-state index in [0.717, 1.165) is 0 Å². The maximum Gasteiger partial charge on any atom is 2.00 e. The number of rotatable bonds is 0. The minimum Gasteiger partial charge on any atom is -0.418 e. The Morgan fingerprint density at radius 2 is 0.273 bits per heavy atom. The molecule has 0 saturated carbocycles. The number of hydrogen-bond acceptors (Lipinski definition) is 0. The fourth-order valence-corrected chi connectivity index (χ4v) is 0. The molecule has 0 aliphatic rings. The van der Waals surface area contributed by atoms with Crippen LogP contribution >= 0.6 is 0 Å². The topological polar surface area (TPSA) is 0 Å². The van der Waals surface area contributed by atoms with E-state index in [0.29, 0.717) is 0 Å². The first-order valence-electron chi connectivity index (χ1n) is 3.49. The van der Waals surface area contributed by atoms with Gasteiger partial charge in [-0.3, -0.25) is 0 Å². The molecule has 0 amide bonds. The molecule has 0 heterocycles. The van der Waals surface area contributed by atoms with E-state index in [1.54, 1.807) is 0 Å². The van der Waals surface area contributed by atoms with Gasteiger partial charge in [0.25, 0.3) is 0 Å². The average molecular weight is 525 g/mol. The van der Waals surface area contributed by atoms with Crippen molar-refractivity contribution in [3.8, 4) is 0 Å². The van der Waals surface area contributed by atoms with E-state index in [1.165, 1.54) is 0 Å². The van der Waals surface area contributed by atoms with E-state index in [1.807, 2.05) is 0 Å². The summed E-state index contributed by atoms with van der Waals surface area (Å²) in [4.78, 5) is 0. The van der Waals surface area contributed by atoms with E-state index < -0.39 is 29.0 Å². The molecule has 0 aromatic rings. The van der Waals surface area contributed by atoms with E-state index in [2.05, 4.69) is 0 Å². The van der Waals surface area contributed by atoms with Crippen molar-refractivity contribution in [1.82, 2.24) is 0 Å². The maximum absolute atomic E-state index is 9.75. The molecule has 0 atom stereocenters. The summed E-state index contributed by atoms with van der Waals surface area (Å²) in [5, 5.41) is 0. The normalized spacial score (nSPS) is 10.9. The van der Waals surface area contributed by atoms with Crippen molar-refractivity contribution in [3.05, 3.63) is 0 Å². The Balaban J connectivity index is -0.0000000376. The second-order valence-electron chi connectivity index (χ2n) is 1.98. The summed E-state index contributed by atoms with van der Waals surface area (Å²) in [6.07, 6.45) is 0. The van der Waals surface area contributed by atoms with Gasteiger partial charge in [-0.15, -0.1) is 0 Å². The van der Waals surface area contributed by atoms with Crippen molar-refractivity contribution in [2.75, 3.05) is 0 Å². The molecule has 0 aromatic carbocycles. The van der Waals surface area contributed by atoms with E-state index >= 15 is 0 Å². The molecule has 0 aromatic heterocycles. The molecule has 22 heteroatoms. The average Bonchev–Trinajstić information content (AvgIpc) is 1.62. The van der Waals surface area contributed by atoms with Gasteiger partial charge >= 0.3 is 116 Å². The van der Waals surface area contributed by atoms with Crippen LogP contribution in [-0.2, 0) is 0 Å². The van der Waals surface area contributed by atoms with E-state index in [-0.39, 0.29) is 86.6 Å². The predicted molar refractivity (Wildman–Crippen MR) is 52.3 cm³/mol. The fourth-order valence-electron chi connectivity index (χ4n) is 0. The molecule has 0 radical (unpaired) electrons. The van der Waals surface area contributed by atoms with Gasteiger partial charge in [0.15, 0.2) is 0 Å². The molecular weight excluding hydrogens is 525 g/mol. The van der Waals surface area contributed by atoms with Crippen molar-refractivity contribution >= 4 is 116 Å². The zero-order valence-corrected chi connectivity index (χ0v) is 16.4. The summed E-state index contributed by atoms with van der Waals surface area (Å²) in [5.41, 5.74) is 0. The minimum absolute atomic E-state index is 0. The maximum atomic E-state index is 9.75. The Kier molecular flexibility index (Phi) is 29.3. The Bertz CT molecular complexity index is 136. The molecule has 0 spiro atoms. The summed E-state index contributed by atoms with van der Waals surface area (Å²) < 4.78 is 156. The molecule has 0 rings (SSSR count). The zero-order chi connectivity index (χ0) is 18.0. The monoisotopic (exact) mass is 526 g/mol. The van der Waals surface area contributed by atoms with Crippen LogP contribution in [0.4, 0.5) is 69.1 Å². The second kappa shape index (κ2) is 16.4. The van der Waals surface area contributed by atoms with Crippen LogP contribution < -0.4 is 0 Å². The molecule has 0 unspecified atom stereocenters. The van der Waals surface area contributed by atoms with Gasteiger partial charge in [-0.05, 0) is 0 Å². The third-order valence-electron chi connectivity index (χ3n) is 0. The van der Waals surface area contributed by atoms with Crippen LogP contribution in [0.5, 0.6) is 0 Å². The first-order chi connectivity index (χ1) is 8.00. The molecule has 128 valence electrons. The summed E-state index contributed by atoms with van der Waals surface area (Å²) in [7, 11) is -24.0. The van der Waals surface area contributed by atoms with Crippen LogP contribution in [0, 0.1) is 0 Å². The second-order valence-corrected chi connectivity index (χ2v) is 1.98. The first kappa shape index (κ1) is 39.2. The van der Waals surface area contributed by atoms with Crippen LogP contribution in [0.15, 0.2) is 0 Å². The van der Waals surface area contributed by atoms with Gasteiger partial charge in [0.05, 0.1) is 0 Å². The predicted octanol–water partition coefficient (Wildman–Crippen LogP) is 4.44. The minimum atomic E-state index is -6.00. The molecule has 0 nitrogen and oxygen atoms in total. The van der Waals surface area contributed by atoms with E-state index in [4.69, 9.17) is 0 Å². The number of hydrogen-bond donors (Lipinski definition) is 0. The van der Waals surface area contributed by atoms with Crippen LogP contribution in [0.25, 0.3) is 0 Å². The van der Waals surface area contributed by atoms with Gasteiger partial charge < -0.3 is 69.1 Å². The third kappa shape index (κ3) is 2490. The Morgan fingerprint density at radius 3 is 0.273 bits per heavy atom. The van der Waals surface area contributed by atoms with Gasteiger partial charge in [-0.2, -0.15) is 0 Å². The summed E-state index contributed by atoms with van der Waals surface area (Å²) in [6.45, 7) is 0. The zero-order valence-electron chi connectivity index (χ0n) is 9.77. The first-order valence-corrected chi connectivity index (χ1v) is 3.49. The van der Waals surface area contributed by atoms with Gasteiger partial charge in [-0.25, -0.2) is 0 Å². The number of halogens is 16. The summed E-state index contributed by atoms with van der Waals surface area (Å²) in [5.74, 6) is 0. The molecule has 0 bridgehead atoms. The van der Waals surface area contributed by atoms with Crippen LogP contribution in [-0.4, -0.2) is 116 Å². The van der Waals surface area contributed by atoms with Crippen molar-refractivity contribution < 1.29 is 69.1 Å². The molecule has 22 heavy (non-hydrogen) atoms. The van der Waals surface area contributed by atoms with E-state index in [9.17, 15) is 69.1 Å². The summed E-state index contributed by atoms with van der Waals surface area (Å²) >= 11 is 0. The molecular formula is B4BaCaF16. The van der Waals surface area contributed by atoms with Crippen LogP contribution in [0.2, 0.25) is 0 Å². The van der Waals surface area contributed by atoms with Crippen LogP contribution in [0.3, 0.4) is 0 Å². The smallest absolute Gasteiger partial charge is 0.418 e. The van der Waals surface area contributed by atoms with Gasteiger partial charge in [0, 0.05) is 0 Å². The summed E-state index contributed by atoms with van der Waals surface area (Å²) in [6, 6.07) is 0. The standard InChI is InChI=1S/4BF4.Ba.Ca/c4*2-1(3,4)5;;/q4*-1;2*+2. The molecule has 0 N–H and O–H groups in total. The molecule has 0 saturated heterocycles. The molecule has 0 aliphatic heterocycles. The fraction of sp³-hybridized carbons (Fsp3) is 0. The van der Waals surface area contributed by atoms with Crippen molar-refractivity contribution in [3.63, 3.8) is 0 Å². The quantitative estimate of drug-likeness (QED) is 0.325. The van der Waals surface area contributed by atoms with Crippen molar-refractivity contribution in [2.24, 2.45) is 0 Å². The van der Waals surface area contributed by atoms with Crippen LogP contribution in [0.1, 0.15) is 0 Å².